The van der Waals surface area contributed by atoms with Gasteiger partial charge in [0.25, 0.3) is 0 Å². The molecule has 1 heterocycles. The van der Waals surface area contributed by atoms with Gasteiger partial charge in [-0.1, -0.05) is 22.9 Å². The number of aromatic nitrogens is 3. The Morgan fingerprint density at radius 3 is 2.93 bits per heavy atom. The fourth-order valence-corrected chi connectivity index (χ4v) is 1.77. The summed E-state index contributed by atoms with van der Waals surface area (Å²) >= 11 is 9.31. The maximum atomic E-state index is 8.87. The monoisotopic (exact) mass is 287 g/mol. The molecule has 2 aromatic rings. The van der Waals surface area contributed by atoms with Gasteiger partial charge in [0.05, 0.1) is 28.0 Å². The third-order valence-corrected chi connectivity index (χ3v) is 3.26. The largest absolute Gasteiger partial charge is 0.390 e. The first-order chi connectivity index (χ1) is 7.22. The molecule has 0 aliphatic heterocycles. The second-order valence-electron chi connectivity index (χ2n) is 2.89. The lowest BCUT2D eigenvalue weighted by molar-refractivity contribution is 0.276. The van der Waals surface area contributed by atoms with Crippen molar-refractivity contribution in [2.75, 3.05) is 0 Å². The number of halogens is 2. The lowest BCUT2D eigenvalue weighted by Crippen LogP contribution is -1.96. The maximum Gasteiger partial charge on any atom is 0.109 e. The SMILES string of the molecule is OCc1cn(-c2cccc(Cl)c2Br)nn1. The van der Waals surface area contributed by atoms with Crippen LogP contribution >= 0.6 is 27.5 Å². The number of aliphatic hydroxyl groups excluding tert-OH is 1. The van der Waals surface area contributed by atoms with Gasteiger partial charge in [0.2, 0.25) is 0 Å². The van der Waals surface area contributed by atoms with Crippen LogP contribution in [0.25, 0.3) is 5.69 Å². The van der Waals surface area contributed by atoms with Gasteiger partial charge in [-0.05, 0) is 28.1 Å². The van der Waals surface area contributed by atoms with Gasteiger partial charge in [-0.2, -0.15) is 0 Å². The predicted molar refractivity (Wildman–Crippen MR) is 60.0 cm³/mol. The Labute approximate surface area is 99.6 Å². The molecular formula is C9H7BrClN3O. The number of hydrogen-bond donors (Lipinski definition) is 1. The van der Waals surface area contributed by atoms with Crippen LogP contribution in [0.3, 0.4) is 0 Å². The van der Waals surface area contributed by atoms with Crippen LogP contribution < -0.4 is 0 Å². The highest BCUT2D eigenvalue weighted by Crippen LogP contribution is 2.28. The smallest absolute Gasteiger partial charge is 0.109 e. The molecule has 4 nitrogen and oxygen atoms in total. The zero-order valence-corrected chi connectivity index (χ0v) is 9.90. The Morgan fingerprint density at radius 1 is 1.47 bits per heavy atom. The quantitative estimate of drug-likeness (QED) is 0.921. The minimum Gasteiger partial charge on any atom is -0.390 e. The van der Waals surface area contributed by atoms with Crippen LogP contribution in [0.4, 0.5) is 0 Å². The molecule has 0 aliphatic carbocycles. The zero-order valence-electron chi connectivity index (χ0n) is 7.56. The van der Waals surface area contributed by atoms with Crippen LogP contribution in [-0.4, -0.2) is 20.1 Å². The Bertz CT molecular complexity index is 486. The van der Waals surface area contributed by atoms with E-state index < -0.39 is 0 Å². The first-order valence-electron chi connectivity index (χ1n) is 4.19. The fraction of sp³-hybridized carbons (Fsp3) is 0.111. The van der Waals surface area contributed by atoms with Gasteiger partial charge in [0.15, 0.2) is 0 Å². The number of nitrogens with zero attached hydrogens (tertiary/aromatic N) is 3. The van der Waals surface area contributed by atoms with Gasteiger partial charge >= 0.3 is 0 Å². The summed E-state index contributed by atoms with van der Waals surface area (Å²) in [6.45, 7) is -0.127. The van der Waals surface area contributed by atoms with E-state index in [1.165, 1.54) is 0 Å². The molecular weight excluding hydrogens is 281 g/mol. The second-order valence-corrected chi connectivity index (χ2v) is 4.09. The fourth-order valence-electron chi connectivity index (χ4n) is 1.16. The predicted octanol–water partition coefficient (Wildman–Crippen LogP) is 2.18. The molecule has 0 bridgehead atoms. The van der Waals surface area contributed by atoms with Gasteiger partial charge in [-0.15, -0.1) is 5.10 Å². The van der Waals surface area contributed by atoms with Crippen molar-refractivity contribution in [1.29, 1.82) is 0 Å². The molecule has 0 saturated heterocycles. The average Bonchev–Trinajstić information content (AvgIpc) is 2.70. The summed E-state index contributed by atoms with van der Waals surface area (Å²) < 4.78 is 2.31. The van der Waals surface area contributed by atoms with Crippen molar-refractivity contribution in [1.82, 2.24) is 15.0 Å². The Kier molecular flexibility index (Phi) is 3.04. The van der Waals surface area contributed by atoms with Gasteiger partial charge in [0, 0.05) is 0 Å². The highest BCUT2D eigenvalue weighted by molar-refractivity contribution is 9.10. The van der Waals surface area contributed by atoms with E-state index in [1.807, 2.05) is 12.1 Å². The standard InChI is InChI=1S/C9H7BrClN3O/c10-9-7(11)2-1-3-8(9)14-4-6(5-15)12-13-14/h1-4,15H,5H2. The molecule has 1 aromatic carbocycles. The third kappa shape index (κ3) is 2.04. The number of aliphatic hydroxyl groups is 1. The summed E-state index contributed by atoms with van der Waals surface area (Å²) in [6.07, 6.45) is 1.65. The van der Waals surface area contributed by atoms with Crippen molar-refractivity contribution in [3.8, 4) is 5.69 Å². The molecule has 0 atom stereocenters. The third-order valence-electron chi connectivity index (χ3n) is 1.88. The number of rotatable bonds is 2. The average molecular weight is 289 g/mol. The summed E-state index contributed by atoms with van der Waals surface area (Å²) in [5.74, 6) is 0. The summed E-state index contributed by atoms with van der Waals surface area (Å²) in [6, 6.07) is 5.45. The topological polar surface area (TPSA) is 50.9 Å². The van der Waals surface area contributed by atoms with Crippen molar-refractivity contribution in [2.24, 2.45) is 0 Å². The molecule has 15 heavy (non-hydrogen) atoms. The molecule has 0 fully saturated rings. The van der Waals surface area contributed by atoms with Gasteiger partial charge in [-0.25, -0.2) is 4.68 Å². The molecule has 2 rings (SSSR count). The van der Waals surface area contributed by atoms with Crippen LogP contribution in [0.1, 0.15) is 5.69 Å². The van der Waals surface area contributed by atoms with E-state index in [0.717, 1.165) is 10.2 Å². The lowest BCUT2D eigenvalue weighted by atomic mass is 10.3. The minimum absolute atomic E-state index is 0.127. The van der Waals surface area contributed by atoms with Crippen LogP contribution in [0.15, 0.2) is 28.9 Å². The Hall–Kier alpha value is -0.910. The molecule has 0 spiro atoms. The van der Waals surface area contributed by atoms with Crippen LogP contribution in [0.2, 0.25) is 5.02 Å². The van der Waals surface area contributed by atoms with Crippen LogP contribution in [0, 0.1) is 0 Å². The highest BCUT2D eigenvalue weighted by Gasteiger charge is 2.07. The van der Waals surface area contributed by atoms with E-state index in [1.54, 1.807) is 16.9 Å². The first kappa shape index (κ1) is 10.6. The van der Waals surface area contributed by atoms with Gasteiger partial charge in [0.1, 0.15) is 5.69 Å². The summed E-state index contributed by atoms with van der Waals surface area (Å²) in [5.41, 5.74) is 1.30. The highest BCUT2D eigenvalue weighted by atomic mass is 79.9. The maximum absolute atomic E-state index is 8.87. The molecule has 78 valence electrons. The van der Waals surface area contributed by atoms with E-state index in [4.69, 9.17) is 16.7 Å². The first-order valence-corrected chi connectivity index (χ1v) is 5.36. The van der Waals surface area contributed by atoms with Crippen LogP contribution in [-0.2, 0) is 6.61 Å². The van der Waals surface area contributed by atoms with Gasteiger partial charge < -0.3 is 5.11 Å². The van der Waals surface area contributed by atoms with E-state index in [9.17, 15) is 0 Å². The van der Waals surface area contributed by atoms with E-state index >= 15 is 0 Å². The van der Waals surface area contributed by atoms with Crippen molar-refractivity contribution < 1.29 is 5.11 Å². The zero-order chi connectivity index (χ0) is 10.8. The number of hydrogen-bond acceptors (Lipinski definition) is 3. The molecule has 6 heteroatoms. The molecule has 1 N–H and O–H groups in total. The molecule has 0 amide bonds. The lowest BCUT2D eigenvalue weighted by Gasteiger charge is -2.03. The summed E-state index contributed by atoms with van der Waals surface area (Å²) in [4.78, 5) is 0. The van der Waals surface area contributed by atoms with E-state index in [2.05, 4.69) is 26.2 Å². The molecule has 0 saturated carbocycles. The molecule has 1 aromatic heterocycles. The normalized spacial score (nSPS) is 10.6. The van der Waals surface area contributed by atoms with Crippen molar-refractivity contribution in [3.63, 3.8) is 0 Å². The van der Waals surface area contributed by atoms with Crippen molar-refractivity contribution in [3.05, 3.63) is 39.6 Å². The van der Waals surface area contributed by atoms with E-state index in [-0.39, 0.29) is 6.61 Å². The summed E-state index contributed by atoms with van der Waals surface area (Å²) in [5, 5.41) is 17.1. The van der Waals surface area contributed by atoms with E-state index in [0.29, 0.717) is 10.7 Å². The summed E-state index contributed by atoms with van der Waals surface area (Å²) in [7, 11) is 0. The van der Waals surface area contributed by atoms with Gasteiger partial charge in [-0.3, -0.25) is 0 Å². The van der Waals surface area contributed by atoms with Crippen molar-refractivity contribution >= 4 is 27.5 Å². The molecule has 0 radical (unpaired) electrons. The van der Waals surface area contributed by atoms with Crippen molar-refractivity contribution in [2.45, 2.75) is 6.61 Å². The van der Waals surface area contributed by atoms with Crippen LogP contribution in [0.5, 0.6) is 0 Å². The Balaban J connectivity index is 2.49. The minimum atomic E-state index is -0.127. The number of benzene rings is 1. The second kappa shape index (κ2) is 4.30. The Morgan fingerprint density at radius 2 is 2.27 bits per heavy atom. The molecule has 0 aliphatic rings. The molecule has 0 unspecified atom stereocenters.